The van der Waals surface area contributed by atoms with E-state index in [9.17, 15) is 13.5 Å². The van der Waals surface area contributed by atoms with Crippen molar-refractivity contribution in [2.45, 2.75) is 31.2 Å². The number of rotatable bonds is 5. The lowest BCUT2D eigenvalue weighted by Gasteiger charge is -2.23. The molecule has 0 aliphatic rings. The number of nitrogen functional groups attached to an aromatic ring is 1. The average Bonchev–Trinajstić information content (AvgIpc) is 2.49. The summed E-state index contributed by atoms with van der Waals surface area (Å²) in [6, 6.07) is 12.2. The van der Waals surface area contributed by atoms with Gasteiger partial charge in [0.2, 0.25) is 10.0 Å². The number of sulfonamides is 1. The topological polar surface area (TPSA) is 92.4 Å². The van der Waals surface area contributed by atoms with Crippen LogP contribution in [0.4, 0.5) is 5.69 Å². The Morgan fingerprint density at radius 1 is 1.13 bits per heavy atom. The summed E-state index contributed by atoms with van der Waals surface area (Å²) in [6.07, 6.45) is 0. The highest BCUT2D eigenvalue weighted by Crippen LogP contribution is 2.26. The monoisotopic (exact) mass is 334 g/mol. The second-order valence-corrected chi connectivity index (χ2v) is 7.93. The van der Waals surface area contributed by atoms with E-state index in [4.69, 9.17) is 5.73 Å². The van der Waals surface area contributed by atoms with Crippen LogP contribution in [-0.4, -0.2) is 25.7 Å². The van der Waals surface area contributed by atoms with Crippen LogP contribution in [0.25, 0.3) is 11.1 Å². The SMILES string of the molecule is Cc1ccc(N)cc1-c1ccc(S(=O)(=O)NC(C)(C)CO)cc1. The summed E-state index contributed by atoms with van der Waals surface area (Å²) in [5, 5.41) is 9.21. The van der Waals surface area contributed by atoms with E-state index in [1.165, 1.54) is 0 Å². The van der Waals surface area contributed by atoms with E-state index in [-0.39, 0.29) is 11.5 Å². The fourth-order valence-electron chi connectivity index (χ4n) is 2.22. The predicted octanol–water partition coefficient (Wildman–Crippen LogP) is 2.29. The van der Waals surface area contributed by atoms with Crippen molar-refractivity contribution < 1.29 is 13.5 Å². The van der Waals surface area contributed by atoms with Gasteiger partial charge in [-0.2, -0.15) is 0 Å². The van der Waals surface area contributed by atoms with E-state index in [0.717, 1.165) is 16.7 Å². The van der Waals surface area contributed by atoms with Gasteiger partial charge in [0.25, 0.3) is 0 Å². The minimum absolute atomic E-state index is 0.157. The van der Waals surface area contributed by atoms with E-state index in [1.54, 1.807) is 38.1 Å². The van der Waals surface area contributed by atoms with Crippen LogP contribution in [0.3, 0.4) is 0 Å². The molecule has 0 unspecified atom stereocenters. The Morgan fingerprint density at radius 3 is 2.30 bits per heavy atom. The number of aliphatic hydroxyl groups excluding tert-OH is 1. The van der Waals surface area contributed by atoms with E-state index >= 15 is 0 Å². The maximum absolute atomic E-state index is 12.3. The average molecular weight is 334 g/mol. The number of nitrogens with two attached hydrogens (primary N) is 1. The molecular formula is C17H22N2O3S. The highest BCUT2D eigenvalue weighted by atomic mass is 32.2. The Kier molecular flexibility index (Phi) is 4.79. The first-order valence-electron chi connectivity index (χ1n) is 7.26. The molecule has 0 atom stereocenters. The third-order valence-corrected chi connectivity index (χ3v) is 5.26. The molecule has 0 aromatic heterocycles. The van der Waals surface area contributed by atoms with Gasteiger partial charge < -0.3 is 10.8 Å². The third kappa shape index (κ3) is 4.10. The first-order valence-corrected chi connectivity index (χ1v) is 8.74. The molecule has 124 valence electrons. The van der Waals surface area contributed by atoms with Gasteiger partial charge in [0.15, 0.2) is 0 Å². The molecule has 0 amide bonds. The van der Waals surface area contributed by atoms with Crippen LogP contribution in [0.1, 0.15) is 19.4 Å². The van der Waals surface area contributed by atoms with Crippen molar-refractivity contribution in [2.75, 3.05) is 12.3 Å². The van der Waals surface area contributed by atoms with Crippen LogP contribution in [0, 0.1) is 6.92 Å². The molecule has 0 saturated carbocycles. The minimum atomic E-state index is -3.68. The molecule has 0 aliphatic heterocycles. The van der Waals surface area contributed by atoms with Gasteiger partial charge in [-0.1, -0.05) is 18.2 Å². The van der Waals surface area contributed by atoms with Gasteiger partial charge >= 0.3 is 0 Å². The van der Waals surface area contributed by atoms with E-state index in [1.807, 2.05) is 25.1 Å². The van der Waals surface area contributed by atoms with Gasteiger partial charge in [0, 0.05) is 5.69 Å². The Morgan fingerprint density at radius 2 is 1.74 bits per heavy atom. The minimum Gasteiger partial charge on any atom is -0.399 e. The molecule has 2 aromatic rings. The molecule has 5 nitrogen and oxygen atoms in total. The zero-order valence-corrected chi connectivity index (χ0v) is 14.3. The maximum Gasteiger partial charge on any atom is 0.241 e. The summed E-state index contributed by atoms with van der Waals surface area (Å²) in [7, 11) is -3.68. The molecule has 0 spiro atoms. The summed E-state index contributed by atoms with van der Waals surface area (Å²) < 4.78 is 27.1. The Labute approximate surface area is 137 Å². The van der Waals surface area contributed by atoms with Crippen LogP contribution in [0.2, 0.25) is 0 Å². The van der Waals surface area contributed by atoms with Crippen LogP contribution < -0.4 is 10.5 Å². The normalized spacial score (nSPS) is 12.3. The van der Waals surface area contributed by atoms with Crippen molar-refractivity contribution in [3.8, 4) is 11.1 Å². The lowest BCUT2D eigenvalue weighted by molar-refractivity contribution is 0.208. The number of aliphatic hydroxyl groups is 1. The largest absolute Gasteiger partial charge is 0.399 e. The van der Waals surface area contributed by atoms with Crippen molar-refractivity contribution >= 4 is 15.7 Å². The quantitative estimate of drug-likeness (QED) is 0.732. The molecule has 2 aromatic carbocycles. The molecule has 0 heterocycles. The fraction of sp³-hybridized carbons (Fsp3) is 0.294. The smallest absolute Gasteiger partial charge is 0.241 e. The van der Waals surface area contributed by atoms with Crippen LogP contribution in [-0.2, 0) is 10.0 Å². The van der Waals surface area contributed by atoms with Crippen LogP contribution >= 0.6 is 0 Å². The molecule has 0 saturated heterocycles. The summed E-state index contributed by atoms with van der Waals surface area (Å²) in [4.78, 5) is 0.157. The highest BCUT2D eigenvalue weighted by molar-refractivity contribution is 7.89. The Hall–Kier alpha value is -1.89. The lowest BCUT2D eigenvalue weighted by Crippen LogP contribution is -2.46. The molecule has 2 rings (SSSR count). The zero-order valence-electron chi connectivity index (χ0n) is 13.5. The zero-order chi connectivity index (χ0) is 17.3. The number of benzene rings is 2. The molecule has 4 N–H and O–H groups in total. The summed E-state index contributed by atoms with van der Waals surface area (Å²) in [6.45, 7) is 4.93. The first-order chi connectivity index (χ1) is 10.6. The maximum atomic E-state index is 12.3. The Bertz CT molecular complexity index is 797. The standard InChI is InChI=1S/C17H22N2O3S/c1-12-4-7-14(18)10-16(12)13-5-8-15(9-6-13)23(21,22)19-17(2,3)11-20/h4-10,19-20H,11,18H2,1-3H3. The van der Waals surface area contributed by atoms with Crippen LogP contribution in [0.15, 0.2) is 47.4 Å². The van der Waals surface area contributed by atoms with Gasteiger partial charge in [-0.05, 0) is 61.7 Å². The number of aryl methyl sites for hydroxylation is 1. The third-order valence-electron chi connectivity index (χ3n) is 3.54. The number of anilines is 1. The van der Waals surface area contributed by atoms with Gasteiger partial charge in [-0.25, -0.2) is 13.1 Å². The lowest BCUT2D eigenvalue weighted by atomic mass is 10.0. The first kappa shape index (κ1) is 17.5. The van der Waals surface area contributed by atoms with Crippen molar-refractivity contribution in [1.82, 2.24) is 4.72 Å². The molecule has 0 bridgehead atoms. The summed E-state index contributed by atoms with van der Waals surface area (Å²) in [5.74, 6) is 0. The Balaban J connectivity index is 2.34. The molecule has 23 heavy (non-hydrogen) atoms. The van der Waals surface area contributed by atoms with E-state index in [2.05, 4.69) is 4.72 Å². The van der Waals surface area contributed by atoms with Crippen molar-refractivity contribution in [3.63, 3.8) is 0 Å². The highest BCUT2D eigenvalue weighted by Gasteiger charge is 2.25. The van der Waals surface area contributed by atoms with Crippen molar-refractivity contribution in [1.29, 1.82) is 0 Å². The van der Waals surface area contributed by atoms with Crippen molar-refractivity contribution in [3.05, 3.63) is 48.0 Å². The second kappa shape index (κ2) is 6.31. The van der Waals surface area contributed by atoms with Crippen molar-refractivity contribution in [2.24, 2.45) is 0 Å². The predicted molar refractivity (Wildman–Crippen MR) is 92.5 cm³/mol. The summed E-state index contributed by atoms with van der Waals surface area (Å²) >= 11 is 0. The number of hydrogen-bond acceptors (Lipinski definition) is 4. The molecule has 6 heteroatoms. The van der Waals surface area contributed by atoms with Gasteiger partial charge in [-0.3, -0.25) is 0 Å². The molecular weight excluding hydrogens is 312 g/mol. The molecule has 0 radical (unpaired) electrons. The van der Waals surface area contributed by atoms with E-state index < -0.39 is 15.6 Å². The van der Waals surface area contributed by atoms with Gasteiger partial charge in [0.1, 0.15) is 0 Å². The molecule has 0 fully saturated rings. The number of nitrogens with one attached hydrogen (secondary N) is 1. The van der Waals surface area contributed by atoms with Crippen LogP contribution in [0.5, 0.6) is 0 Å². The fourth-order valence-corrected chi connectivity index (χ4v) is 3.62. The molecule has 0 aliphatic carbocycles. The summed E-state index contributed by atoms with van der Waals surface area (Å²) in [5.41, 5.74) is 8.50. The van der Waals surface area contributed by atoms with Gasteiger partial charge in [0.05, 0.1) is 17.0 Å². The van der Waals surface area contributed by atoms with Gasteiger partial charge in [-0.15, -0.1) is 0 Å². The number of hydrogen-bond donors (Lipinski definition) is 3. The second-order valence-electron chi connectivity index (χ2n) is 6.25. The van der Waals surface area contributed by atoms with E-state index in [0.29, 0.717) is 5.69 Å².